The molecule has 2 aromatic rings. The number of nitriles is 1. The summed E-state index contributed by atoms with van der Waals surface area (Å²) in [6.45, 7) is 3.01. The number of benzene rings is 1. The molecule has 0 radical (unpaired) electrons. The molecule has 2 N–H and O–H groups in total. The van der Waals surface area contributed by atoms with Crippen LogP contribution in [0, 0.1) is 18.3 Å². The van der Waals surface area contributed by atoms with E-state index in [-0.39, 0.29) is 0 Å². The molecule has 0 spiro atoms. The molecule has 0 saturated heterocycles. The first-order chi connectivity index (χ1) is 9.69. The van der Waals surface area contributed by atoms with Gasteiger partial charge in [-0.15, -0.1) is 0 Å². The van der Waals surface area contributed by atoms with Gasteiger partial charge in [0.2, 0.25) is 0 Å². The topological polar surface area (TPSA) is 65.9 Å². The van der Waals surface area contributed by atoms with Gasteiger partial charge >= 0.3 is 0 Å². The van der Waals surface area contributed by atoms with E-state index in [1.165, 1.54) is 16.8 Å². The van der Waals surface area contributed by atoms with Crippen molar-refractivity contribution >= 4 is 17.2 Å². The van der Waals surface area contributed by atoms with E-state index >= 15 is 0 Å². The number of nitrogen functional groups attached to an aromatic ring is 1. The van der Waals surface area contributed by atoms with Gasteiger partial charge in [-0.05, 0) is 37.5 Å². The Morgan fingerprint density at radius 1 is 1.35 bits per heavy atom. The van der Waals surface area contributed by atoms with E-state index in [1.54, 1.807) is 12.3 Å². The zero-order valence-electron chi connectivity index (χ0n) is 11.4. The molecule has 0 amide bonds. The normalized spacial score (nSPS) is 13.7. The minimum Gasteiger partial charge on any atom is -0.396 e. The third-order valence-electron chi connectivity index (χ3n) is 3.63. The van der Waals surface area contributed by atoms with Gasteiger partial charge in [-0.2, -0.15) is 5.26 Å². The van der Waals surface area contributed by atoms with Gasteiger partial charge in [-0.25, -0.2) is 4.98 Å². The Morgan fingerprint density at radius 3 is 2.95 bits per heavy atom. The molecule has 0 unspecified atom stereocenters. The summed E-state index contributed by atoms with van der Waals surface area (Å²) in [7, 11) is 0. The highest BCUT2D eigenvalue weighted by atomic mass is 15.2. The van der Waals surface area contributed by atoms with Crippen LogP contribution in [0.1, 0.15) is 23.1 Å². The molecular weight excluding hydrogens is 248 g/mol. The summed E-state index contributed by atoms with van der Waals surface area (Å²) in [5, 5.41) is 8.89. The summed E-state index contributed by atoms with van der Waals surface area (Å²) in [6, 6.07) is 10.2. The quantitative estimate of drug-likeness (QED) is 0.860. The lowest BCUT2D eigenvalue weighted by Crippen LogP contribution is -2.26. The maximum absolute atomic E-state index is 8.89. The zero-order chi connectivity index (χ0) is 14.1. The second-order valence-corrected chi connectivity index (χ2v) is 5.14. The predicted octanol–water partition coefficient (Wildman–Crippen LogP) is 2.93. The number of hydrogen-bond donors (Lipinski definition) is 1. The average Bonchev–Trinajstić information content (AvgIpc) is 2.46. The zero-order valence-corrected chi connectivity index (χ0v) is 11.4. The number of pyridine rings is 1. The van der Waals surface area contributed by atoms with Gasteiger partial charge < -0.3 is 10.6 Å². The maximum atomic E-state index is 8.89. The minimum atomic E-state index is 0.493. The summed E-state index contributed by atoms with van der Waals surface area (Å²) < 4.78 is 0. The third-order valence-corrected chi connectivity index (χ3v) is 3.63. The Bertz CT molecular complexity index is 700. The van der Waals surface area contributed by atoms with Crippen LogP contribution in [0.5, 0.6) is 0 Å². The average molecular weight is 264 g/mol. The number of fused-ring (bicyclic) bond motifs is 1. The van der Waals surface area contributed by atoms with Crippen molar-refractivity contribution in [3.8, 4) is 6.07 Å². The van der Waals surface area contributed by atoms with E-state index in [1.807, 2.05) is 0 Å². The van der Waals surface area contributed by atoms with E-state index < -0.39 is 0 Å². The van der Waals surface area contributed by atoms with Crippen LogP contribution >= 0.6 is 0 Å². The van der Waals surface area contributed by atoms with Crippen LogP contribution in [0.4, 0.5) is 17.2 Å². The molecule has 3 rings (SSSR count). The van der Waals surface area contributed by atoms with E-state index in [9.17, 15) is 0 Å². The number of rotatable bonds is 1. The molecule has 1 aromatic heterocycles. The molecule has 0 bridgehead atoms. The fraction of sp³-hybridized carbons (Fsp3) is 0.250. The van der Waals surface area contributed by atoms with E-state index in [2.05, 4.69) is 41.1 Å². The molecule has 100 valence electrons. The van der Waals surface area contributed by atoms with Crippen LogP contribution in [0.3, 0.4) is 0 Å². The molecule has 4 nitrogen and oxygen atoms in total. The fourth-order valence-corrected chi connectivity index (χ4v) is 2.71. The van der Waals surface area contributed by atoms with Gasteiger partial charge in [0, 0.05) is 18.4 Å². The first kappa shape index (κ1) is 12.5. The molecule has 1 aliphatic rings. The van der Waals surface area contributed by atoms with E-state index in [4.69, 9.17) is 11.0 Å². The summed E-state index contributed by atoms with van der Waals surface area (Å²) in [5.41, 5.74) is 10.9. The van der Waals surface area contributed by atoms with E-state index in [0.29, 0.717) is 11.3 Å². The predicted molar refractivity (Wildman–Crippen MR) is 79.9 cm³/mol. The largest absolute Gasteiger partial charge is 0.396 e. The van der Waals surface area contributed by atoms with Crippen molar-refractivity contribution in [2.24, 2.45) is 0 Å². The number of nitrogens with zero attached hydrogens (tertiary/aromatic N) is 3. The summed E-state index contributed by atoms with van der Waals surface area (Å²) in [5.74, 6) is 0.744. The van der Waals surface area contributed by atoms with Gasteiger partial charge in [0.1, 0.15) is 6.07 Å². The number of aryl methyl sites for hydroxylation is 2. The molecule has 0 saturated carbocycles. The fourth-order valence-electron chi connectivity index (χ4n) is 2.71. The third kappa shape index (κ3) is 2.08. The summed E-state index contributed by atoms with van der Waals surface area (Å²) in [4.78, 5) is 6.52. The van der Waals surface area contributed by atoms with Crippen LogP contribution in [0.2, 0.25) is 0 Å². The molecule has 20 heavy (non-hydrogen) atoms. The smallest absolute Gasteiger partial charge is 0.156 e. The van der Waals surface area contributed by atoms with Gasteiger partial charge in [0.15, 0.2) is 5.82 Å². The molecule has 4 heteroatoms. The first-order valence-corrected chi connectivity index (χ1v) is 6.72. The van der Waals surface area contributed by atoms with Crippen molar-refractivity contribution in [2.75, 3.05) is 17.2 Å². The molecular formula is C16H16N4. The highest BCUT2D eigenvalue weighted by Crippen LogP contribution is 2.35. The number of anilines is 3. The van der Waals surface area contributed by atoms with Crippen molar-refractivity contribution in [1.82, 2.24) is 4.98 Å². The van der Waals surface area contributed by atoms with Crippen molar-refractivity contribution in [1.29, 1.82) is 5.26 Å². The maximum Gasteiger partial charge on any atom is 0.156 e. The standard InChI is InChI=1S/C16H16N4/c1-11-4-5-15-13(7-11)3-2-6-20(15)16-14(18)8-12(9-17)10-19-16/h4-5,7-8,10H,2-3,6,18H2,1H3. The number of nitrogens with two attached hydrogens (primary N) is 1. The molecule has 0 atom stereocenters. The van der Waals surface area contributed by atoms with Crippen LogP contribution < -0.4 is 10.6 Å². The van der Waals surface area contributed by atoms with Gasteiger partial charge in [0.05, 0.1) is 11.3 Å². The number of aromatic nitrogens is 1. The minimum absolute atomic E-state index is 0.493. The van der Waals surface area contributed by atoms with Crippen LogP contribution in [0.25, 0.3) is 0 Å². The monoisotopic (exact) mass is 264 g/mol. The highest BCUT2D eigenvalue weighted by molar-refractivity contribution is 5.74. The summed E-state index contributed by atoms with van der Waals surface area (Å²) in [6.07, 6.45) is 3.75. The first-order valence-electron chi connectivity index (χ1n) is 6.72. The lowest BCUT2D eigenvalue weighted by Gasteiger charge is -2.31. The Hall–Kier alpha value is -2.54. The molecule has 0 fully saturated rings. The van der Waals surface area contributed by atoms with Crippen molar-refractivity contribution in [3.05, 3.63) is 47.2 Å². The van der Waals surface area contributed by atoms with Crippen LogP contribution in [-0.4, -0.2) is 11.5 Å². The van der Waals surface area contributed by atoms with Gasteiger partial charge in [-0.3, -0.25) is 0 Å². The van der Waals surface area contributed by atoms with Crippen LogP contribution in [-0.2, 0) is 6.42 Å². The second-order valence-electron chi connectivity index (χ2n) is 5.14. The molecule has 1 aliphatic heterocycles. The Morgan fingerprint density at radius 2 is 2.20 bits per heavy atom. The lowest BCUT2D eigenvalue weighted by molar-refractivity contribution is 0.759. The Balaban J connectivity index is 2.07. The summed E-state index contributed by atoms with van der Waals surface area (Å²) >= 11 is 0. The lowest BCUT2D eigenvalue weighted by atomic mass is 9.99. The molecule has 1 aromatic carbocycles. The SMILES string of the molecule is Cc1ccc2c(c1)CCCN2c1ncc(C#N)cc1N. The van der Waals surface area contributed by atoms with Crippen molar-refractivity contribution < 1.29 is 0 Å². The van der Waals surface area contributed by atoms with Gasteiger partial charge in [0.25, 0.3) is 0 Å². The molecule has 2 heterocycles. The van der Waals surface area contributed by atoms with E-state index in [0.717, 1.165) is 25.2 Å². The van der Waals surface area contributed by atoms with Crippen molar-refractivity contribution in [3.63, 3.8) is 0 Å². The van der Waals surface area contributed by atoms with Crippen LogP contribution in [0.15, 0.2) is 30.5 Å². The second kappa shape index (κ2) is 4.86. The Kier molecular flexibility index (Phi) is 3.03. The van der Waals surface area contributed by atoms with Crippen molar-refractivity contribution in [2.45, 2.75) is 19.8 Å². The highest BCUT2D eigenvalue weighted by Gasteiger charge is 2.21. The Labute approximate surface area is 118 Å². The van der Waals surface area contributed by atoms with Gasteiger partial charge in [-0.1, -0.05) is 17.7 Å². The molecule has 0 aliphatic carbocycles. The number of hydrogen-bond acceptors (Lipinski definition) is 4.